The van der Waals surface area contributed by atoms with Crippen LogP contribution >= 0.6 is 31.9 Å². The van der Waals surface area contributed by atoms with E-state index in [-0.39, 0.29) is 11.9 Å². The smallest absolute Gasteiger partial charge is 0.169 e. The lowest BCUT2D eigenvalue weighted by atomic mass is 9.94. The van der Waals surface area contributed by atoms with Crippen LogP contribution in [0.15, 0.2) is 20.1 Å². The first-order valence-corrected chi connectivity index (χ1v) is 12.0. The third kappa shape index (κ3) is 10.1. The highest BCUT2D eigenvalue weighted by Gasteiger charge is 2.18. The van der Waals surface area contributed by atoms with Crippen molar-refractivity contribution in [1.82, 2.24) is 0 Å². The average Bonchev–Trinajstić information content (AvgIpc) is 2.69. The molecule has 0 aliphatic heterocycles. The van der Waals surface area contributed by atoms with Gasteiger partial charge in [0.15, 0.2) is 5.78 Å². The molecule has 6 heteroatoms. The first kappa shape index (κ1) is 26.0. The van der Waals surface area contributed by atoms with Crippen molar-refractivity contribution in [3.8, 4) is 0 Å². The Morgan fingerprint density at radius 2 is 1.46 bits per heavy atom. The first-order chi connectivity index (χ1) is 13.5. The summed E-state index contributed by atoms with van der Waals surface area (Å²) in [6, 6.07) is 0. The number of aliphatic hydroxyl groups is 1. The quantitative estimate of drug-likeness (QED) is 0.346. The van der Waals surface area contributed by atoms with Crippen molar-refractivity contribution >= 4 is 37.6 Å². The zero-order valence-corrected chi connectivity index (χ0v) is 20.6. The Balaban J connectivity index is 0.000000280. The van der Waals surface area contributed by atoms with Crippen LogP contribution in [-0.4, -0.2) is 44.4 Å². The minimum atomic E-state index is -0.249. The number of aliphatic hydroxyl groups excluding tert-OH is 1. The van der Waals surface area contributed by atoms with Crippen molar-refractivity contribution in [2.75, 3.05) is 27.4 Å². The summed E-state index contributed by atoms with van der Waals surface area (Å²) in [4.78, 5) is 11.4. The van der Waals surface area contributed by atoms with E-state index in [9.17, 15) is 9.90 Å². The average molecular weight is 524 g/mol. The van der Waals surface area contributed by atoms with Gasteiger partial charge in [0.1, 0.15) is 0 Å². The number of halogens is 2. The van der Waals surface area contributed by atoms with Crippen LogP contribution in [0.1, 0.15) is 77.0 Å². The third-order valence-corrected chi connectivity index (χ3v) is 7.27. The van der Waals surface area contributed by atoms with E-state index in [1.807, 2.05) is 0 Å². The molecule has 0 aromatic rings. The number of rotatable bonds is 10. The van der Waals surface area contributed by atoms with Gasteiger partial charge < -0.3 is 14.6 Å². The van der Waals surface area contributed by atoms with Crippen molar-refractivity contribution in [1.29, 1.82) is 0 Å². The van der Waals surface area contributed by atoms with E-state index >= 15 is 0 Å². The standard InChI is InChI=1S/C11H19BrO2.C11H17BrO2/c2*1-14-8-3-2-5-9-6-4-7-10(13)11(9)12/h10,13H,2-8H2,1H3;2-8H2,1H3/t10-;/m1./s1. The number of carbonyl (C=O) groups is 1. The lowest BCUT2D eigenvalue weighted by Gasteiger charge is -2.21. The molecule has 0 amide bonds. The normalized spacial score (nSPS) is 20.3. The maximum absolute atomic E-state index is 11.4. The Morgan fingerprint density at radius 3 is 2.07 bits per heavy atom. The Hall–Kier alpha value is -0.0100. The van der Waals surface area contributed by atoms with Gasteiger partial charge in [-0.2, -0.15) is 0 Å². The number of carbonyl (C=O) groups excluding carboxylic acids is 1. The topological polar surface area (TPSA) is 55.8 Å². The Morgan fingerprint density at radius 1 is 0.893 bits per heavy atom. The molecule has 2 rings (SSSR count). The number of methoxy groups -OCH3 is 2. The summed E-state index contributed by atoms with van der Waals surface area (Å²) in [7, 11) is 3.46. The molecule has 4 nitrogen and oxygen atoms in total. The highest BCUT2D eigenvalue weighted by atomic mass is 79.9. The van der Waals surface area contributed by atoms with Crippen LogP contribution in [0.2, 0.25) is 0 Å². The fraction of sp³-hybridized carbons (Fsp3) is 0.773. The lowest BCUT2D eigenvalue weighted by Crippen LogP contribution is -2.13. The summed E-state index contributed by atoms with van der Waals surface area (Å²) in [5.74, 6) is 0.276. The molecule has 0 saturated heterocycles. The molecule has 0 radical (unpaired) electrons. The zero-order valence-electron chi connectivity index (χ0n) is 17.4. The second-order valence-corrected chi connectivity index (χ2v) is 9.10. The molecule has 0 bridgehead atoms. The van der Waals surface area contributed by atoms with Gasteiger partial charge in [-0.1, -0.05) is 27.1 Å². The number of hydrogen-bond donors (Lipinski definition) is 1. The molecule has 0 aromatic heterocycles. The third-order valence-electron chi connectivity index (χ3n) is 5.18. The van der Waals surface area contributed by atoms with Crippen LogP contribution in [0, 0.1) is 0 Å². The molecule has 0 spiro atoms. The van der Waals surface area contributed by atoms with Gasteiger partial charge in [0, 0.05) is 38.3 Å². The SMILES string of the molecule is COCCCCC1=C(Br)C(=O)CCC1.COCCCCC1=C(Br)[C@H](O)CCC1. The first-order valence-electron chi connectivity index (χ1n) is 10.4. The Labute approximate surface area is 187 Å². The maximum Gasteiger partial charge on any atom is 0.169 e. The number of allylic oxidation sites excluding steroid dienone is 3. The second-order valence-electron chi connectivity index (χ2n) is 7.45. The van der Waals surface area contributed by atoms with E-state index in [2.05, 4.69) is 31.9 Å². The molecule has 0 aromatic carbocycles. The highest BCUT2D eigenvalue weighted by Crippen LogP contribution is 2.32. The van der Waals surface area contributed by atoms with Gasteiger partial charge in [0.05, 0.1) is 10.6 Å². The second kappa shape index (κ2) is 15.8. The molecule has 2 aliphatic rings. The molecular formula is C22H36Br2O4. The molecule has 0 heterocycles. The molecule has 2 aliphatic carbocycles. The van der Waals surface area contributed by atoms with E-state index in [0.29, 0.717) is 6.42 Å². The van der Waals surface area contributed by atoms with Crippen molar-refractivity contribution in [2.45, 2.75) is 83.2 Å². The molecule has 0 saturated carbocycles. The molecule has 1 N–H and O–H groups in total. The molecule has 28 heavy (non-hydrogen) atoms. The van der Waals surface area contributed by atoms with Crippen molar-refractivity contribution in [2.24, 2.45) is 0 Å². The van der Waals surface area contributed by atoms with Crippen LogP contribution in [0.4, 0.5) is 0 Å². The van der Waals surface area contributed by atoms with Gasteiger partial charge in [-0.25, -0.2) is 0 Å². The van der Waals surface area contributed by atoms with Crippen molar-refractivity contribution < 1.29 is 19.4 Å². The van der Waals surface area contributed by atoms with Crippen molar-refractivity contribution in [3.63, 3.8) is 0 Å². The highest BCUT2D eigenvalue weighted by molar-refractivity contribution is 9.12. The predicted molar refractivity (Wildman–Crippen MR) is 122 cm³/mol. The molecule has 162 valence electrons. The molecular weight excluding hydrogens is 488 g/mol. The number of ketones is 1. The van der Waals surface area contributed by atoms with E-state index in [1.165, 1.54) is 11.1 Å². The Kier molecular flexibility index (Phi) is 14.7. The number of ether oxygens (including phenoxy) is 2. The van der Waals surface area contributed by atoms with Crippen LogP contribution in [0.3, 0.4) is 0 Å². The number of hydrogen-bond acceptors (Lipinski definition) is 4. The van der Waals surface area contributed by atoms with Gasteiger partial charge in [-0.15, -0.1) is 0 Å². The lowest BCUT2D eigenvalue weighted by molar-refractivity contribution is -0.115. The summed E-state index contributed by atoms with van der Waals surface area (Å²) in [5.41, 5.74) is 2.71. The fourth-order valence-electron chi connectivity index (χ4n) is 3.52. The summed E-state index contributed by atoms with van der Waals surface area (Å²) in [5, 5.41) is 9.62. The molecule has 1 atom stereocenters. The molecule has 0 fully saturated rings. The van der Waals surface area contributed by atoms with Gasteiger partial charge in [0.2, 0.25) is 0 Å². The van der Waals surface area contributed by atoms with Crippen molar-refractivity contribution in [3.05, 3.63) is 20.1 Å². The van der Waals surface area contributed by atoms with E-state index < -0.39 is 0 Å². The predicted octanol–water partition coefficient (Wildman–Crippen LogP) is 6.20. The van der Waals surface area contributed by atoms with Gasteiger partial charge in [0.25, 0.3) is 0 Å². The minimum absolute atomic E-state index is 0.249. The van der Waals surface area contributed by atoms with E-state index in [0.717, 1.165) is 92.8 Å². The van der Waals surface area contributed by atoms with Gasteiger partial charge in [-0.3, -0.25) is 4.79 Å². The largest absolute Gasteiger partial charge is 0.388 e. The van der Waals surface area contributed by atoms with Crippen LogP contribution in [-0.2, 0) is 14.3 Å². The van der Waals surface area contributed by atoms with Crippen LogP contribution in [0.25, 0.3) is 0 Å². The Bertz CT molecular complexity index is 529. The maximum atomic E-state index is 11.4. The number of unbranched alkanes of at least 4 members (excludes halogenated alkanes) is 2. The van der Waals surface area contributed by atoms with E-state index in [1.54, 1.807) is 14.2 Å². The van der Waals surface area contributed by atoms with E-state index in [4.69, 9.17) is 9.47 Å². The van der Waals surface area contributed by atoms with Crippen LogP contribution in [0.5, 0.6) is 0 Å². The molecule has 0 unspecified atom stereocenters. The summed E-state index contributed by atoms with van der Waals surface area (Å²) >= 11 is 6.88. The zero-order chi connectivity index (χ0) is 20.8. The van der Waals surface area contributed by atoms with Crippen LogP contribution < -0.4 is 0 Å². The fourth-order valence-corrected chi connectivity index (χ4v) is 4.74. The summed E-state index contributed by atoms with van der Waals surface area (Å²) in [6.07, 6.45) is 12.3. The monoisotopic (exact) mass is 522 g/mol. The number of Topliss-reactive ketones (excluding diaryl/α,β-unsaturated/α-hetero) is 1. The summed E-state index contributed by atoms with van der Waals surface area (Å²) in [6.45, 7) is 1.66. The van der Waals surface area contributed by atoms with Gasteiger partial charge >= 0.3 is 0 Å². The minimum Gasteiger partial charge on any atom is -0.388 e. The van der Waals surface area contributed by atoms with Gasteiger partial charge in [-0.05, 0) is 86.6 Å². The summed E-state index contributed by atoms with van der Waals surface area (Å²) < 4.78 is 11.9.